The van der Waals surface area contributed by atoms with E-state index in [1.54, 1.807) is 0 Å². The minimum absolute atomic E-state index is 0.0930. The fraction of sp³-hybridized carbons (Fsp3) is 0.667. The molecule has 0 heterocycles. The van der Waals surface area contributed by atoms with E-state index in [9.17, 15) is 9.90 Å². The first-order valence-corrected chi connectivity index (χ1v) is 12.0. The second-order valence-corrected chi connectivity index (χ2v) is 11.2. The van der Waals surface area contributed by atoms with E-state index in [0.29, 0.717) is 29.0 Å². The summed E-state index contributed by atoms with van der Waals surface area (Å²) in [6.45, 7) is 4.78. The lowest BCUT2D eigenvalue weighted by Crippen LogP contribution is -2.54. The zero-order valence-electron chi connectivity index (χ0n) is 18.8. The van der Waals surface area contributed by atoms with Gasteiger partial charge < -0.3 is 10.0 Å². The number of ketones is 1. The van der Waals surface area contributed by atoms with Crippen LogP contribution in [0.3, 0.4) is 0 Å². The Morgan fingerprint density at radius 3 is 2.57 bits per heavy atom. The highest BCUT2D eigenvalue weighted by Gasteiger charge is 2.61. The fourth-order valence-corrected chi connectivity index (χ4v) is 7.99. The summed E-state index contributed by atoms with van der Waals surface area (Å²) < 4.78 is 0. The molecule has 0 saturated heterocycles. The van der Waals surface area contributed by atoms with Gasteiger partial charge in [0.15, 0.2) is 5.78 Å². The van der Waals surface area contributed by atoms with Gasteiger partial charge in [-0.15, -0.1) is 0 Å². The van der Waals surface area contributed by atoms with Gasteiger partial charge in [-0.25, -0.2) is 0 Å². The van der Waals surface area contributed by atoms with Crippen LogP contribution >= 0.6 is 0 Å². The molecule has 7 atom stereocenters. The highest BCUT2D eigenvalue weighted by atomic mass is 16.3. The summed E-state index contributed by atoms with van der Waals surface area (Å²) >= 11 is 0. The number of benzene rings is 1. The number of hydrogen-bond donors (Lipinski definition) is 1. The number of para-hydroxylation sites is 1. The monoisotopic (exact) mass is 407 g/mol. The van der Waals surface area contributed by atoms with Crippen molar-refractivity contribution < 1.29 is 9.90 Å². The van der Waals surface area contributed by atoms with Gasteiger partial charge in [-0.05, 0) is 92.6 Å². The molecule has 30 heavy (non-hydrogen) atoms. The zero-order valence-corrected chi connectivity index (χ0v) is 18.8. The van der Waals surface area contributed by atoms with Crippen molar-refractivity contribution in [3.8, 4) is 0 Å². The molecule has 0 aromatic heterocycles. The number of aliphatic hydroxyl groups is 1. The van der Waals surface area contributed by atoms with Gasteiger partial charge in [-0.1, -0.05) is 32.0 Å². The van der Waals surface area contributed by atoms with Crippen LogP contribution in [0.5, 0.6) is 0 Å². The third-order valence-corrected chi connectivity index (χ3v) is 9.79. The minimum atomic E-state index is -0.179. The standard InChI is InChI=1S/C27H37NO2/c1-26-13-11-21(29)16-19(26)9-10-22-23(26)12-14-27(2)24(22)15-18(25(27)30)17-28(3)20-7-5-4-6-8-20/h4-8,17,19,21-24,29H,9-16H2,1-3H3/b18-17-. The van der Waals surface area contributed by atoms with Crippen LogP contribution in [0.4, 0.5) is 5.69 Å². The number of hydrogen-bond acceptors (Lipinski definition) is 3. The first-order chi connectivity index (χ1) is 14.3. The Balaban J connectivity index is 1.42. The zero-order chi connectivity index (χ0) is 21.1. The quantitative estimate of drug-likeness (QED) is 0.650. The maximum atomic E-state index is 13.6. The first kappa shape index (κ1) is 20.3. The summed E-state index contributed by atoms with van der Waals surface area (Å²) in [6, 6.07) is 10.3. The van der Waals surface area contributed by atoms with Crippen molar-refractivity contribution in [1.29, 1.82) is 0 Å². The molecule has 3 nitrogen and oxygen atoms in total. The Morgan fingerprint density at radius 1 is 1.03 bits per heavy atom. The Kier molecular flexibility index (Phi) is 4.89. The lowest BCUT2D eigenvalue weighted by molar-refractivity contribution is -0.141. The molecule has 0 aliphatic heterocycles. The summed E-state index contributed by atoms with van der Waals surface area (Å²) in [4.78, 5) is 15.7. The van der Waals surface area contributed by atoms with Gasteiger partial charge in [-0.3, -0.25) is 4.79 Å². The van der Waals surface area contributed by atoms with E-state index in [1.807, 2.05) is 18.2 Å². The van der Waals surface area contributed by atoms with Crippen molar-refractivity contribution in [2.24, 2.45) is 34.5 Å². The molecule has 1 aromatic rings. The molecule has 0 bridgehead atoms. The van der Waals surface area contributed by atoms with Crippen LogP contribution < -0.4 is 4.90 Å². The summed E-state index contributed by atoms with van der Waals surface area (Å²) in [5.74, 6) is 2.95. The molecule has 1 N–H and O–H groups in total. The molecule has 4 saturated carbocycles. The van der Waals surface area contributed by atoms with Gasteiger partial charge in [0.2, 0.25) is 0 Å². The summed E-state index contributed by atoms with van der Waals surface area (Å²) in [7, 11) is 2.06. The Morgan fingerprint density at radius 2 is 1.80 bits per heavy atom. The lowest BCUT2D eigenvalue weighted by atomic mass is 9.45. The molecular weight excluding hydrogens is 370 g/mol. The van der Waals surface area contributed by atoms with Crippen molar-refractivity contribution in [2.75, 3.05) is 11.9 Å². The van der Waals surface area contributed by atoms with E-state index in [2.05, 4.69) is 44.1 Å². The fourth-order valence-electron chi connectivity index (χ4n) is 7.99. The SMILES string of the molecule is CN(/C=C1/CC2C3CCC4CC(O)CCC4(C)C3CCC2(C)C1=O)c1ccccc1. The summed E-state index contributed by atoms with van der Waals surface area (Å²) in [5, 5.41) is 10.2. The number of anilines is 1. The molecule has 4 aliphatic carbocycles. The number of aliphatic hydroxyl groups excluding tert-OH is 1. The lowest BCUT2D eigenvalue weighted by Gasteiger charge is -2.59. The van der Waals surface area contributed by atoms with E-state index < -0.39 is 0 Å². The molecule has 4 fully saturated rings. The molecular formula is C27H37NO2. The number of Topliss-reactive ketones (excluding diaryl/α,β-unsaturated/α-hetero) is 1. The van der Waals surface area contributed by atoms with Crippen molar-refractivity contribution in [3.05, 3.63) is 42.1 Å². The van der Waals surface area contributed by atoms with Gasteiger partial charge in [0, 0.05) is 29.9 Å². The Hall–Kier alpha value is -1.61. The van der Waals surface area contributed by atoms with Crippen LogP contribution in [0.2, 0.25) is 0 Å². The number of carbonyl (C=O) groups excluding carboxylic acids is 1. The van der Waals surface area contributed by atoms with Crippen LogP contribution in [-0.4, -0.2) is 24.0 Å². The van der Waals surface area contributed by atoms with E-state index in [0.717, 1.165) is 49.3 Å². The molecule has 0 spiro atoms. The molecule has 3 heteroatoms. The van der Waals surface area contributed by atoms with Crippen LogP contribution in [-0.2, 0) is 4.79 Å². The highest BCUT2D eigenvalue weighted by molar-refractivity contribution is 6.02. The number of fused-ring (bicyclic) bond motifs is 5. The minimum Gasteiger partial charge on any atom is -0.393 e. The van der Waals surface area contributed by atoms with Crippen LogP contribution in [0.25, 0.3) is 0 Å². The molecule has 162 valence electrons. The molecule has 1 aromatic carbocycles. The molecule has 5 rings (SSSR count). The molecule has 0 amide bonds. The van der Waals surface area contributed by atoms with E-state index in [4.69, 9.17) is 0 Å². The first-order valence-electron chi connectivity index (χ1n) is 12.0. The highest BCUT2D eigenvalue weighted by Crippen LogP contribution is 2.66. The smallest absolute Gasteiger partial charge is 0.166 e. The number of allylic oxidation sites excluding steroid dienone is 1. The van der Waals surface area contributed by atoms with E-state index in [-0.39, 0.29) is 11.5 Å². The number of rotatable bonds is 2. The van der Waals surface area contributed by atoms with Gasteiger partial charge in [0.05, 0.1) is 6.10 Å². The van der Waals surface area contributed by atoms with Crippen molar-refractivity contribution in [1.82, 2.24) is 0 Å². The predicted octanol–water partition coefficient (Wildman–Crippen LogP) is 5.59. The maximum Gasteiger partial charge on any atom is 0.166 e. The van der Waals surface area contributed by atoms with E-state index in [1.165, 1.54) is 19.3 Å². The Bertz CT molecular complexity index is 848. The molecule has 4 aliphatic rings. The van der Waals surface area contributed by atoms with Gasteiger partial charge in [-0.2, -0.15) is 0 Å². The second kappa shape index (κ2) is 7.22. The second-order valence-electron chi connectivity index (χ2n) is 11.2. The van der Waals surface area contributed by atoms with E-state index >= 15 is 0 Å². The van der Waals surface area contributed by atoms with Gasteiger partial charge >= 0.3 is 0 Å². The average Bonchev–Trinajstić information content (AvgIpc) is 3.00. The number of nitrogens with zero attached hydrogens (tertiary/aromatic N) is 1. The van der Waals surface area contributed by atoms with Crippen LogP contribution in [0, 0.1) is 34.5 Å². The normalized spacial score (nSPS) is 44.3. The van der Waals surface area contributed by atoms with Crippen molar-refractivity contribution >= 4 is 11.5 Å². The van der Waals surface area contributed by atoms with Crippen LogP contribution in [0.1, 0.15) is 65.2 Å². The average molecular weight is 408 g/mol. The molecule has 0 radical (unpaired) electrons. The van der Waals surface area contributed by atoms with Crippen LogP contribution in [0.15, 0.2) is 42.1 Å². The van der Waals surface area contributed by atoms with Gasteiger partial charge in [0.25, 0.3) is 0 Å². The largest absolute Gasteiger partial charge is 0.393 e. The van der Waals surface area contributed by atoms with Crippen molar-refractivity contribution in [2.45, 2.75) is 71.3 Å². The van der Waals surface area contributed by atoms with Crippen molar-refractivity contribution in [3.63, 3.8) is 0 Å². The summed E-state index contributed by atoms with van der Waals surface area (Å²) in [6.07, 6.45) is 10.8. The van der Waals surface area contributed by atoms with Gasteiger partial charge in [0.1, 0.15) is 0 Å². The third-order valence-electron chi connectivity index (χ3n) is 9.79. The summed E-state index contributed by atoms with van der Waals surface area (Å²) in [5.41, 5.74) is 2.34. The maximum absolute atomic E-state index is 13.6. The molecule has 7 unspecified atom stereocenters. The topological polar surface area (TPSA) is 40.5 Å². The Labute approximate surface area is 181 Å². The third kappa shape index (κ3) is 2.99. The predicted molar refractivity (Wildman–Crippen MR) is 121 cm³/mol. The number of carbonyl (C=O) groups is 1.